The van der Waals surface area contributed by atoms with Crippen molar-refractivity contribution < 1.29 is 15.0 Å². The lowest BCUT2D eigenvalue weighted by Gasteiger charge is -1.98. The summed E-state index contributed by atoms with van der Waals surface area (Å²) in [4.78, 5) is 13.6. The van der Waals surface area contributed by atoms with Crippen molar-refractivity contribution in [2.75, 3.05) is 5.32 Å². The number of carboxylic acid groups (broad SMARTS) is 1. The molecule has 0 aromatic carbocycles. The van der Waals surface area contributed by atoms with Crippen LogP contribution in [0, 0.1) is 0 Å². The fraction of sp³-hybridized carbons (Fsp3) is 0. The van der Waals surface area contributed by atoms with Gasteiger partial charge in [0.1, 0.15) is 5.75 Å². The maximum atomic E-state index is 10.1. The first-order valence-corrected chi connectivity index (χ1v) is 2.82. The molecule has 3 N–H and O–H groups in total. The predicted octanol–water partition coefficient (Wildman–Crippen LogP) is 0.877. The van der Waals surface area contributed by atoms with Gasteiger partial charge in [0.05, 0.1) is 18.1 Å². The van der Waals surface area contributed by atoms with E-state index in [-0.39, 0.29) is 11.4 Å². The molecule has 0 radical (unpaired) electrons. The van der Waals surface area contributed by atoms with Gasteiger partial charge in [-0.25, -0.2) is 4.79 Å². The molecule has 0 aliphatic carbocycles. The van der Waals surface area contributed by atoms with Crippen LogP contribution >= 0.6 is 0 Å². The van der Waals surface area contributed by atoms with Crippen LogP contribution in [0.4, 0.5) is 10.5 Å². The maximum absolute atomic E-state index is 10.1. The first kappa shape index (κ1) is 7.33. The second-order valence-corrected chi connectivity index (χ2v) is 1.86. The first-order chi connectivity index (χ1) is 5.18. The van der Waals surface area contributed by atoms with E-state index in [1.165, 1.54) is 18.5 Å². The van der Waals surface area contributed by atoms with Crippen molar-refractivity contribution in [2.45, 2.75) is 0 Å². The van der Waals surface area contributed by atoms with Gasteiger partial charge in [0, 0.05) is 6.07 Å². The second-order valence-electron chi connectivity index (χ2n) is 1.86. The van der Waals surface area contributed by atoms with E-state index in [4.69, 9.17) is 10.2 Å². The van der Waals surface area contributed by atoms with Crippen molar-refractivity contribution in [2.24, 2.45) is 0 Å². The number of hydrogen-bond acceptors (Lipinski definition) is 3. The molecule has 0 fully saturated rings. The lowest BCUT2D eigenvalue weighted by molar-refractivity contribution is 0.209. The van der Waals surface area contributed by atoms with Gasteiger partial charge in [0.15, 0.2) is 0 Å². The number of anilines is 1. The van der Waals surface area contributed by atoms with Crippen LogP contribution in [0.1, 0.15) is 0 Å². The fourth-order valence-corrected chi connectivity index (χ4v) is 0.620. The highest BCUT2D eigenvalue weighted by atomic mass is 16.4. The molecule has 0 saturated carbocycles. The highest BCUT2D eigenvalue weighted by Gasteiger charge is 1.97. The lowest BCUT2D eigenvalue weighted by Crippen LogP contribution is -2.06. The van der Waals surface area contributed by atoms with Crippen molar-refractivity contribution in [3.63, 3.8) is 0 Å². The molecule has 0 aliphatic heterocycles. The van der Waals surface area contributed by atoms with E-state index in [1.54, 1.807) is 0 Å². The third-order valence-electron chi connectivity index (χ3n) is 0.975. The molecule has 0 saturated heterocycles. The minimum atomic E-state index is -1.18. The van der Waals surface area contributed by atoms with E-state index < -0.39 is 6.09 Å². The average Bonchev–Trinajstić information content (AvgIpc) is 1.85. The van der Waals surface area contributed by atoms with Crippen LogP contribution < -0.4 is 5.32 Å². The minimum absolute atomic E-state index is 0.0729. The zero-order valence-corrected chi connectivity index (χ0v) is 5.48. The number of aromatic nitrogens is 1. The average molecular weight is 154 g/mol. The molecule has 5 heteroatoms. The van der Waals surface area contributed by atoms with Crippen LogP contribution in [0.25, 0.3) is 0 Å². The van der Waals surface area contributed by atoms with E-state index in [0.29, 0.717) is 0 Å². The van der Waals surface area contributed by atoms with Gasteiger partial charge in [0.2, 0.25) is 0 Å². The maximum Gasteiger partial charge on any atom is 0.409 e. The van der Waals surface area contributed by atoms with Gasteiger partial charge in [0.25, 0.3) is 0 Å². The summed E-state index contributed by atoms with van der Waals surface area (Å²) in [7, 11) is 0. The Balaban J connectivity index is 2.79. The number of hydrogen-bond donors (Lipinski definition) is 3. The van der Waals surface area contributed by atoms with Gasteiger partial charge in [-0.05, 0) is 0 Å². The number of amides is 1. The number of aromatic hydroxyl groups is 1. The van der Waals surface area contributed by atoms with E-state index in [9.17, 15) is 4.79 Å². The summed E-state index contributed by atoms with van der Waals surface area (Å²) >= 11 is 0. The zero-order chi connectivity index (χ0) is 8.27. The topological polar surface area (TPSA) is 82.5 Å². The predicted molar refractivity (Wildman–Crippen MR) is 37.5 cm³/mol. The number of rotatable bonds is 1. The standard InChI is InChI=1S/C6H6N2O3/c9-5-1-4(2-7-3-5)8-6(10)11/h1-3,8-9H,(H,10,11). The van der Waals surface area contributed by atoms with E-state index in [0.717, 1.165) is 0 Å². The minimum Gasteiger partial charge on any atom is -0.506 e. The molecule has 0 unspecified atom stereocenters. The Labute approximate surface area is 62.3 Å². The van der Waals surface area contributed by atoms with Crippen LogP contribution in [0.5, 0.6) is 5.75 Å². The summed E-state index contributed by atoms with van der Waals surface area (Å²) in [5.74, 6) is -0.0729. The van der Waals surface area contributed by atoms with Gasteiger partial charge in [-0.3, -0.25) is 10.3 Å². The Morgan fingerprint density at radius 3 is 2.82 bits per heavy atom. The highest BCUT2D eigenvalue weighted by molar-refractivity contribution is 5.82. The van der Waals surface area contributed by atoms with Crippen LogP contribution in [0.2, 0.25) is 0 Å². The van der Waals surface area contributed by atoms with Gasteiger partial charge in [-0.1, -0.05) is 0 Å². The van der Waals surface area contributed by atoms with E-state index >= 15 is 0 Å². The van der Waals surface area contributed by atoms with Gasteiger partial charge in [-0.2, -0.15) is 0 Å². The number of carbonyl (C=O) groups is 1. The van der Waals surface area contributed by atoms with Crippen LogP contribution in [0.15, 0.2) is 18.5 Å². The molecule has 1 aromatic rings. The van der Waals surface area contributed by atoms with E-state index in [1.807, 2.05) is 5.32 Å². The number of nitrogens with one attached hydrogen (secondary N) is 1. The molecule has 0 atom stereocenters. The third-order valence-corrected chi connectivity index (χ3v) is 0.975. The molecule has 58 valence electrons. The van der Waals surface area contributed by atoms with Gasteiger partial charge in [-0.15, -0.1) is 0 Å². The summed E-state index contributed by atoms with van der Waals surface area (Å²) in [6.45, 7) is 0. The molecule has 0 aliphatic rings. The van der Waals surface area contributed by atoms with Crippen molar-refractivity contribution >= 4 is 11.8 Å². The SMILES string of the molecule is O=C(O)Nc1cncc(O)c1. The molecule has 1 heterocycles. The first-order valence-electron chi connectivity index (χ1n) is 2.82. The number of nitrogens with zero attached hydrogens (tertiary/aromatic N) is 1. The molecule has 5 nitrogen and oxygen atoms in total. The van der Waals surface area contributed by atoms with Crippen molar-refractivity contribution in [3.8, 4) is 5.75 Å². The zero-order valence-electron chi connectivity index (χ0n) is 5.48. The summed E-state index contributed by atoms with van der Waals surface area (Å²) < 4.78 is 0. The molecule has 1 amide bonds. The summed E-state index contributed by atoms with van der Waals surface area (Å²) in [5.41, 5.74) is 0.248. The second kappa shape index (κ2) is 2.87. The Morgan fingerprint density at radius 2 is 2.27 bits per heavy atom. The molecule has 1 rings (SSSR count). The van der Waals surface area contributed by atoms with Gasteiger partial charge < -0.3 is 10.2 Å². The van der Waals surface area contributed by atoms with Gasteiger partial charge >= 0.3 is 6.09 Å². The summed E-state index contributed by atoms with van der Waals surface area (Å²) in [6.07, 6.45) is 1.33. The summed E-state index contributed by atoms with van der Waals surface area (Å²) in [6, 6.07) is 1.26. The third kappa shape index (κ3) is 2.13. The molecule has 1 aromatic heterocycles. The normalized spacial score (nSPS) is 9.09. The molecule has 0 bridgehead atoms. The fourth-order valence-electron chi connectivity index (χ4n) is 0.620. The van der Waals surface area contributed by atoms with Crippen LogP contribution in [0.3, 0.4) is 0 Å². The van der Waals surface area contributed by atoms with Crippen molar-refractivity contribution in [1.82, 2.24) is 4.98 Å². The highest BCUT2D eigenvalue weighted by Crippen LogP contribution is 2.12. The molecular formula is C6H6N2O3. The molecule has 0 spiro atoms. The van der Waals surface area contributed by atoms with Crippen LogP contribution in [-0.4, -0.2) is 21.3 Å². The smallest absolute Gasteiger partial charge is 0.409 e. The quantitative estimate of drug-likeness (QED) is 0.560. The van der Waals surface area contributed by atoms with Crippen LogP contribution in [-0.2, 0) is 0 Å². The van der Waals surface area contributed by atoms with E-state index in [2.05, 4.69) is 4.98 Å². The summed E-state index contributed by atoms with van der Waals surface area (Å²) in [5, 5.41) is 19.1. The molecule has 11 heavy (non-hydrogen) atoms. The largest absolute Gasteiger partial charge is 0.506 e. The Kier molecular flexibility index (Phi) is 1.91. The number of pyridine rings is 1. The van der Waals surface area contributed by atoms with Crippen molar-refractivity contribution in [3.05, 3.63) is 18.5 Å². The Morgan fingerprint density at radius 1 is 1.55 bits per heavy atom. The Bertz CT molecular complexity index is 274. The lowest BCUT2D eigenvalue weighted by atomic mass is 10.4. The monoisotopic (exact) mass is 154 g/mol. The molecular weight excluding hydrogens is 148 g/mol. The van der Waals surface area contributed by atoms with Crippen molar-refractivity contribution in [1.29, 1.82) is 0 Å². The Hall–Kier alpha value is -1.78.